The van der Waals surface area contributed by atoms with Gasteiger partial charge in [0.05, 0.1) is 6.54 Å². The van der Waals surface area contributed by atoms with Crippen molar-refractivity contribution >= 4 is 23.2 Å². The molecule has 4 nitrogen and oxygen atoms in total. The summed E-state index contributed by atoms with van der Waals surface area (Å²) in [5, 5.41) is 2.77. The highest BCUT2D eigenvalue weighted by Gasteiger charge is 2.37. The first kappa shape index (κ1) is 15.0. The number of nitrogens with one attached hydrogen (secondary N) is 1. The maximum atomic E-state index is 12.4. The van der Waals surface area contributed by atoms with Gasteiger partial charge in [0.2, 0.25) is 11.8 Å². The molecule has 1 fully saturated rings. The number of hydrogen-bond donors (Lipinski definition) is 1. The lowest BCUT2D eigenvalue weighted by molar-refractivity contribution is -0.149. The third kappa shape index (κ3) is 3.03. The molecule has 1 saturated heterocycles. The van der Waals surface area contributed by atoms with Crippen molar-refractivity contribution in [2.75, 3.05) is 0 Å². The Labute approximate surface area is 124 Å². The largest absolute Gasteiger partial charge is 0.343 e. The van der Waals surface area contributed by atoms with E-state index >= 15 is 0 Å². The number of hydrogen-bond acceptors (Lipinski definition) is 3. The number of rotatable bonds is 5. The van der Waals surface area contributed by atoms with Crippen LogP contribution < -0.4 is 5.32 Å². The third-order valence-corrected chi connectivity index (χ3v) is 4.86. The molecule has 1 aromatic rings. The number of aryl methyl sites for hydroxylation is 1. The summed E-state index contributed by atoms with van der Waals surface area (Å²) in [6.45, 7) is 6.46. The van der Waals surface area contributed by atoms with E-state index in [1.54, 1.807) is 23.2 Å². The average Bonchev–Trinajstić information content (AvgIpc) is 2.88. The second-order valence-corrected chi connectivity index (χ2v) is 6.48. The van der Waals surface area contributed by atoms with Crippen LogP contribution in [0.15, 0.2) is 12.1 Å². The van der Waals surface area contributed by atoms with Crippen molar-refractivity contribution in [2.24, 2.45) is 0 Å². The van der Waals surface area contributed by atoms with E-state index in [1.807, 2.05) is 6.92 Å². The maximum absolute atomic E-state index is 12.4. The summed E-state index contributed by atoms with van der Waals surface area (Å²) in [6.07, 6.45) is 2.62. The van der Waals surface area contributed by atoms with Crippen LogP contribution in [0.3, 0.4) is 0 Å². The number of amides is 2. The van der Waals surface area contributed by atoms with Crippen molar-refractivity contribution in [3.63, 3.8) is 0 Å². The summed E-state index contributed by atoms with van der Waals surface area (Å²) in [5.41, 5.74) is 0. The monoisotopic (exact) mass is 294 g/mol. The molecule has 0 aliphatic carbocycles. The number of carbonyl (C=O) groups excluding carboxylic acids is 2. The molecule has 2 amide bonds. The van der Waals surface area contributed by atoms with Gasteiger partial charge in [-0.15, -0.1) is 11.3 Å². The lowest BCUT2D eigenvalue weighted by Gasteiger charge is -2.37. The Morgan fingerprint density at radius 1 is 1.25 bits per heavy atom. The molecule has 0 saturated carbocycles. The van der Waals surface area contributed by atoms with Gasteiger partial charge in [-0.1, -0.05) is 20.3 Å². The van der Waals surface area contributed by atoms with Crippen LogP contribution in [0.25, 0.3) is 0 Å². The number of thiophene rings is 1. The topological polar surface area (TPSA) is 49.4 Å². The highest BCUT2D eigenvalue weighted by Crippen LogP contribution is 2.23. The molecule has 1 aliphatic rings. The smallest absolute Gasteiger partial charge is 0.245 e. The molecule has 0 bridgehead atoms. The van der Waals surface area contributed by atoms with E-state index in [0.717, 1.165) is 24.1 Å². The molecule has 2 heterocycles. The van der Waals surface area contributed by atoms with E-state index < -0.39 is 6.04 Å². The molecule has 1 N–H and O–H groups in total. The predicted octanol–water partition coefficient (Wildman–Crippen LogP) is 2.33. The SMILES string of the molecule is CCCC1C(=O)NC(C)C(=O)N1Cc1ccc(CC)s1. The highest BCUT2D eigenvalue weighted by molar-refractivity contribution is 7.11. The van der Waals surface area contributed by atoms with Crippen molar-refractivity contribution in [3.8, 4) is 0 Å². The first-order valence-electron chi connectivity index (χ1n) is 7.25. The van der Waals surface area contributed by atoms with Crippen molar-refractivity contribution < 1.29 is 9.59 Å². The van der Waals surface area contributed by atoms with E-state index in [1.165, 1.54) is 4.88 Å². The molecular formula is C15H22N2O2S. The third-order valence-electron chi connectivity index (χ3n) is 3.65. The van der Waals surface area contributed by atoms with Crippen LogP contribution in [-0.4, -0.2) is 28.8 Å². The highest BCUT2D eigenvalue weighted by atomic mass is 32.1. The molecule has 0 spiro atoms. The van der Waals surface area contributed by atoms with Crippen LogP contribution in [0.1, 0.15) is 43.4 Å². The zero-order chi connectivity index (χ0) is 14.7. The van der Waals surface area contributed by atoms with E-state index in [0.29, 0.717) is 6.54 Å². The standard InChI is InChI=1S/C15H22N2O2S/c1-4-6-13-14(18)16-10(3)15(19)17(13)9-12-8-7-11(5-2)20-12/h7-8,10,13H,4-6,9H2,1-3H3,(H,16,18). The molecule has 5 heteroatoms. The van der Waals surface area contributed by atoms with E-state index in [9.17, 15) is 9.59 Å². The second-order valence-electron chi connectivity index (χ2n) is 5.22. The number of piperazine rings is 1. The molecule has 20 heavy (non-hydrogen) atoms. The fourth-order valence-electron chi connectivity index (χ4n) is 2.53. The molecule has 2 rings (SSSR count). The Morgan fingerprint density at radius 3 is 2.55 bits per heavy atom. The fourth-order valence-corrected chi connectivity index (χ4v) is 3.49. The zero-order valence-electron chi connectivity index (χ0n) is 12.3. The summed E-state index contributed by atoms with van der Waals surface area (Å²) in [6, 6.07) is 3.43. The minimum atomic E-state index is -0.416. The van der Waals surface area contributed by atoms with Crippen molar-refractivity contribution in [2.45, 2.75) is 58.7 Å². The Bertz CT molecular complexity index is 498. The fraction of sp³-hybridized carbons (Fsp3) is 0.600. The first-order valence-corrected chi connectivity index (χ1v) is 8.06. The van der Waals surface area contributed by atoms with Crippen LogP contribution in [-0.2, 0) is 22.6 Å². The van der Waals surface area contributed by atoms with Crippen LogP contribution in [0, 0.1) is 0 Å². The van der Waals surface area contributed by atoms with Gasteiger partial charge in [0, 0.05) is 9.75 Å². The summed E-state index contributed by atoms with van der Waals surface area (Å²) < 4.78 is 0. The molecule has 110 valence electrons. The quantitative estimate of drug-likeness (QED) is 0.906. The summed E-state index contributed by atoms with van der Waals surface area (Å²) >= 11 is 1.73. The van der Waals surface area contributed by atoms with Gasteiger partial charge in [-0.2, -0.15) is 0 Å². The summed E-state index contributed by atoms with van der Waals surface area (Å²) in [4.78, 5) is 28.7. The Kier molecular flexibility index (Phi) is 4.81. The molecule has 2 atom stereocenters. The lowest BCUT2D eigenvalue weighted by Crippen LogP contribution is -2.61. The molecule has 0 aromatic carbocycles. The number of carbonyl (C=O) groups is 2. The minimum absolute atomic E-state index is 0.0220. The van der Waals surface area contributed by atoms with Crippen LogP contribution in [0.4, 0.5) is 0 Å². The van der Waals surface area contributed by atoms with Crippen molar-refractivity contribution in [3.05, 3.63) is 21.9 Å². The number of nitrogens with zero attached hydrogens (tertiary/aromatic N) is 1. The normalized spacial score (nSPS) is 23.1. The van der Waals surface area contributed by atoms with Gasteiger partial charge in [0.15, 0.2) is 0 Å². The minimum Gasteiger partial charge on any atom is -0.343 e. The molecule has 0 radical (unpaired) electrons. The molecule has 1 aliphatic heterocycles. The van der Waals surface area contributed by atoms with Gasteiger partial charge in [0.25, 0.3) is 0 Å². The Morgan fingerprint density at radius 2 is 1.95 bits per heavy atom. The van der Waals surface area contributed by atoms with E-state index in [2.05, 4.69) is 24.4 Å². The second kappa shape index (κ2) is 6.39. The summed E-state index contributed by atoms with van der Waals surface area (Å²) in [7, 11) is 0. The van der Waals surface area contributed by atoms with Gasteiger partial charge in [-0.3, -0.25) is 9.59 Å². The molecular weight excluding hydrogens is 272 g/mol. The van der Waals surface area contributed by atoms with Gasteiger partial charge in [-0.25, -0.2) is 0 Å². The molecule has 1 aromatic heterocycles. The van der Waals surface area contributed by atoms with Crippen LogP contribution in [0.2, 0.25) is 0 Å². The van der Waals surface area contributed by atoms with E-state index in [-0.39, 0.29) is 17.9 Å². The van der Waals surface area contributed by atoms with E-state index in [4.69, 9.17) is 0 Å². The van der Waals surface area contributed by atoms with Gasteiger partial charge in [0.1, 0.15) is 12.1 Å². The van der Waals surface area contributed by atoms with Gasteiger partial charge < -0.3 is 10.2 Å². The van der Waals surface area contributed by atoms with Gasteiger partial charge >= 0.3 is 0 Å². The van der Waals surface area contributed by atoms with Crippen LogP contribution in [0.5, 0.6) is 0 Å². The van der Waals surface area contributed by atoms with Gasteiger partial charge in [-0.05, 0) is 31.9 Å². The predicted molar refractivity (Wildman–Crippen MR) is 80.5 cm³/mol. The van der Waals surface area contributed by atoms with Crippen LogP contribution >= 0.6 is 11.3 Å². The summed E-state index contributed by atoms with van der Waals surface area (Å²) in [5.74, 6) is 0.000666. The average molecular weight is 294 g/mol. The molecule has 2 unspecified atom stereocenters. The maximum Gasteiger partial charge on any atom is 0.245 e. The Hall–Kier alpha value is -1.36. The Balaban J connectivity index is 2.18. The van der Waals surface area contributed by atoms with Crippen molar-refractivity contribution in [1.82, 2.24) is 10.2 Å². The lowest BCUT2D eigenvalue weighted by atomic mass is 10.0. The zero-order valence-corrected chi connectivity index (χ0v) is 13.1. The van der Waals surface area contributed by atoms with Crippen molar-refractivity contribution in [1.29, 1.82) is 0 Å². The first-order chi connectivity index (χ1) is 9.56.